The van der Waals surface area contributed by atoms with Gasteiger partial charge in [-0.05, 0) is 42.7 Å². The molecule has 36 heavy (non-hydrogen) atoms. The lowest BCUT2D eigenvalue weighted by Crippen LogP contribution is -2.50. The van der Waals surface area contributed by atoms with Gasteiger partial charge in [-0.1, -0.05) is 49.4 Å². The number of ether oxygens (including phenoxy) is 1. The first kappa shape index (κ1) is 25.5. The molecule has 190 valence electrons. The van der Waals surface area contributed by atoms with Crippen molar-refractivity contribution in [3.63, 3.8) is 0 Å². The largest absolute Gasteiger partial charge is 0.493 e. The molecule has 1 aromatic rings. The first-order valence-corrected chi connectivity index (χ1v) is 12.7. The molecular formula is C29H34FN3O3. The number of halogens is 1. The molecule has 7 heteroatoms. The Morgan fingerprint density at radius 1 is 1.03 bits per heavy atom. The summed E-state index contributed by atoms with van der Waals surface area (Å²) in [7, 11) is 0. The summed E-state index contributed by atoms with van der Waals surface area (Å²) in [5, 5.41) is 2.68. The highest BCUT2D eigenvalue weighted by molar-refractivity contribution is 5.98. The number of hydrogen-bond donors (Lipinski definition) is 1. The molecule has 6 nitrogen and oxygen atoms in total. The van der Waals surface area contributed by atoms with E-state index in [0.29, 0.717) is 31.7 Å². The average molecular weight is 492 g/mol. The Labute approximate surface area is 212 Å². The number of carbonyl (C=O) groups excluding carboxylic acids is 2. The van der Waals surface area contributed by atoms with Crippen molar-refractivity contribution < 1.29 is 18.7 Å². The van der Waals surface area contributed by atoms with Crippen molar-refractivity contribution in [1.82, 2.24) is 15.1 Å². The number of hydrogen-bond acceptors (Lipinski definition) is 4. The second kappa shape index (κ2) is 12.4. The van der Waals surface area contributed by atoms with Crippen molar-refractivity contribution in [2.75, 3.05) is 32.7 Å². The van der Waals surface area contributed by atoms with Gasteiger partial charge in [0.1, 0.15) is 12.4 Å². The van der Waals surface area contributed by atoms with Gasteiger partial charge in [-0.15, -0.1) is 0 Å². The highest BCUT2D eigenvalue weighted by atomic mass is 19.1. The number of nitrogens with zero attached hydrogens (tertiary/aromatic N) is 2. The lowest BCUT2D eigenvalue weighted by Gasteiger charge is -2.38. The van der Waals surface area contributed by atoms with Crippen LogP contribution in [0.3, 0.4) is 0 Å². The van der Waals surface area contributed by atoms with E-state index < -0.39 is 0 Å². The van der Waals surface area contributed by atoms with Gasteiger partial charge in [0.2, 0.25) is 5.91 Å². The summed E-state index contributed by atoms with van der Waals surface area (Å²) in [5.74, 6) is -0.0566. The third-order valence-corrected chi connectivity index (χ3v) is 6.78. The smallest absolute Gasteiger partial charge is 0.251 e. The summed E-state index contributed by atoms with van der Waals surface area (Å²) in [6.07, 6.45) is 12.7. The van der Waals surface area contributed by atoms with Gasteiger partial charge in [-0.25, -0.2) is 4.39 Å². The minimum atomic E-state index is -0.372. The number of piperazine rings is 1. The zero-order valence-corrected chi connectivity index (χ0v) is 20.8. The summed E-state index contributed by atoms with van der Waals surface area (Å²) < 4.78 is 19.9. The van der Waals surface area contributed by atoms with Crippen LogP contribution in [0.5, 0.6) is 0 Å². The van der Waals surface area contributed by atoms with Gasteiger partial charge in [-0.2, -0.15) is 0 Å². The minimum absolute atomic E-state index is 0.0685. The SMILES string of the molecule is CCC1C=CC(C(=O)NCC(=O)N2CCN(C3=CC=C(OCc4ccccc4)CC3)CC2)=CC=C1F. The first-order valence-electron chi connectivity index (χ1n) is 12.7. The first-order chi connectivity index (χ1) is 17.5. The zero-order valence-electron chi connectivity index (χ0n) is 20.8. The van der Waals surface area contributed by atoms with Crippen LogP contribution in [0.4, 0.5) is 4.39 Å². The molecule has 1 saturated heterocycles. The van der Waals surface area contributed by atoms with Crippen LogP contribution < -0.4 is 5.32 Å². The predicted molar refractivity (Wildman–Crippen MR) is 138 cm³/mol. The molecule has 1 atom stereocenters. The van der Waals surface area contributed by atoms with Crippen molar-refractivity contribution in [3.05, 3.63) is 95.2 Å². The molecule has 0 radical (unpaired) electrons. The van der Waals surface area contributed by atoms with E-state index in [9.17, 15) is 14.0 Å². The monoisotopic (exact) mass is 491 g/mol. The molecule has 2 aliphatic carbocycles. The Balaban J connectivity index is 1.20. The van der Waals surface area contributed by atoms with Crippen molar-refractivity contribution in [1.29, 1.82) is 0 Å². The molecule has 1 aliphatic heterocycles. The molecule has 0 bridgehead atoms. The Kier molecular flexibility index (Phi) is 8.76. The van der Waals surface area contributed by atoms with Gasteiger partial charge >= 0.3 is 0 Å². The highest BCUT2D eigenvalue weighted by Gasteiger charge is 2.24. The molecule has 4 rings (SSSR count). The van der Waals surface area contributed by atoms with Gasteiger partial charge in [0.05, 0.1) is 12.3 Å². The van der Waals surface area contributed by atoms with E-state index >= 15 is 0 Å². The van der Waals surface area contributed by atoms with E-state index in [2.05, 4.69) is 34.5 Å². The van der Waals surface area contributed by atoms with E-state index in [0.717, 1.165) is 37.3 Å². The molecule has 0 aromatic heterocycles. The molecular weight excluding hydrogens is 457 g/mol. The summed E-state index contributed by atoms with van der Waals surface area (Å²) in [4.78, 5) is 29.2. The van der Waals surface area contributed by atoms with Gasteiger partial charge in [-0.3, -0.25) is 9.59 Å². The van der Waals surface area contributed by atoms with Crippen LogP contribution in [0.15, 0.2) is 89.6 Å². The zero-order chi connectivity index (χ0) is 25.3. The van der Waals surface area contributed by atoms with Crippen LogP contribution in [0.2, 0.25) is 0 Å². The molecule has 0 saturated carbocycles. The van der Waals surface area contributed by atoms with Crippen LogP contribution in [0.1, 0.15) is 31.7 Å². The third-order valence-electron chi connectivity index (χ3n) is 6.78. The lowest BCUT2D eigenvalue weighted by atomic mass is 10.0. The third kappa shape index (κ3) is 6.74. The maximum atomic E-state index is 13.9. The van der Waals surface area contributed by atoms with Crippen molar-refractivity contribution in [2.45, 2.75) is 32.8 Å². The van der Waals surface area contributed by atoms with Crippen LogP contribution in [0.25, 0.3) is 0 Å². The van der Waals surface area contributed by atoms with Crippen molar-refractivity contribution in [3.8, 4) is 0 Å². The van der Waals surface area contributed by atoms with E-state index in [1.807, 2.05) is 25.1 Å². The van der Waals surface area contributed by atoms with Crippen LogP contribution in [0, 0.1) is 5.92 Å². The van der Waals surface area contributed by atoms with E-state index in [-0.39, 0.29) is 30.1 Å². The Hall–Kier alpha value is -3.61. The molecule has 1 N–H and O–H groups in total. The van der Waals surface area contributed by atoms with Crippen LogP contribution in [-0.2, 0) is 20.9 Å². The van der Waals surface area contributed by atoms with Crippen LogP contribution in [-0.4, -0.2) is 54.3 Å². The molecule has 0 spiro atoms. The lowest BCUT2D eigenvalue weighted by molar-refractivity contribution is -0.133. The molecule has 1 unspecified atom stereocenters. The Bertz CT molecular complexity index is 1100. The number of allylic oxidation sites excluding steroid dienone is 8. The molecule has 1 fully saturated rings. The summed E-state index contributed by atoms with van der Waals surface area (Å²) in [6.45, 7) is 5.15. The van der Waals surface area contributed by atoms with Gasteiger partial charge < -0.3 is 19.9 Å². The second-order valence-corrected chi connectivity index (χ2v) is 9.16. The number of rotatable bonds is 8. The minimum Gasteiger partial charge on any atom is -0.493 e. The molecule has 1 heterocycles. The quantitative estimate of drug-likeness (QED) is 0.586. The molecule has 2 amide bonds. The number of amides is 2. The van der Waals surface area contributed by atoms with E-state index in [4.69, 9.17) is 4.74 Å². The van der Waals surface area contributed by atoms with Crippen molar-refractivity contribution >= 4 is 11.8 Å². The fraction of sp³-hybridized carbons (Fsp3) is 0.379. The summed E-state index contributed by atoms with van der Waals surface area (Å²) in [5.41, 5.74) is 2.77. The van der Waals surface area contributed by atoms with Crippen LogP contribution >= 0.6 is 0 Å². The topological polar surface area (TPSA) is 61.9 Å². The number of benzene rings is 1. The molecule has 3 aliphatic rings. The Morgan fingerprint density at radius 3 is 2.50 bits per heavy atom. The van der Waals surface area contributed by atoms with Gasteiger partial charge in [0.25, 0.3) is 5.91 Å². The van der Waals surface area contributed by atoms with Gasteiger partial charge in [0.15, 0.2) is 0 Å². The Morgan fingerprint density at radius 2 is 1.81 bits per heavy atom. The number of nitrogens with one attached hydrogen (secondary N) is 1. The summed E-state index contributed by atoms with van der Waals surface area (Å²) in [6, 6.07) is 10.1. The van der Waals surface area contributed by atoms with E-state index in [1.165, 1.54) is 17.8 Å². The molecule has 1 aromatic carbocycles. The van der Waals surface area contributed by atoms with E-state index in [1.54, 1.807) is 17.1 Å². The highest BCUT2D eigenvalue weighted by Crippen LogP contribution is 2.24. The standard InChI is InChI=1S/C29H34FN3O3/c1-2-23-8-9-24(10-15-27(23)30)29(35)31-20-28(34)33-18-16-32(17-19-33)25-11-13-26(14-12-25)36-21-22-6-4-3-5-7-22/h3-11,13,15,23H,2,12,14,16-21H2,1H3,(H,31,35). The average Bonchev–Trinajstić information content (AvgIpc) is 3.12. The maximum absolute atomic E-state index is 13.9. The normalized spacial score (nSPS) is 20.0. The summed E-state index contributed by atoms with van der Waals surface area (Å²) >= 11 is 0. The maximum Gasteiger partial charge on any atom is 0.251 e. The van der Waals surface area contributed by atoms with Crippen molar-refractivity contribution in [2.24, 2.45) is 5.92 Å². The number of carbonyl (C=O) groups is 2. The second-order valence-electron chi connectivity index (χ2n) is 9.16. The predicted octanol–water partition coefficient (Wildman–Crippen LogP) is 4.40. The fourth-order valence-corrected chi connectivity index (χ4v) is 4.50. The van der Waals surface area contributed by atoms with Gasteiger partial charge in [0, 0.05) is 49.8 Å². The fourth-order valence-electron chi connectivity index (χ4n) is 4.50.